The van der Waals surface area contributed by atoms with Crippen LogP contribution >= 0.6 is 11.6 Å². The first-order valence-electron chi connectivity index (χ1n) is 8.67. The van der Waals surface area contributed by atoms with Crippen LogP contribution in [0.2, 0.25) is 5.02 Å². The van der Waals surface area contributed by atoms with Crippen LogP contribution in [0.4, 0.5) is 5.69 Å². The minimum absolute atomic E-state index is 0.571. The fraction of sp³-hybridized carbons (Fsp3) is 0.238. The maximum atomic E-state index is 10.0. The van der Waals surface area contributed by atoms with Crippen LogP contribution in [0, 0.1) is 0 Å². The SMILES string of the molecule is CO.Nc1cc(-c2onc3c2CCCC3)ccc1Cl.O=Cc1ccccc1. The number of fused-ring (bicyclic) bond motifs is 1. The molecule has 0 bridgehead atoms. The number of nitrogens with two attached hydrogens (primary N) is 1. The zero-order chi connectivity index (χ0) is 19.6. The van der Waals surface area contributed by atoms with E-state index in [1.807, 2.05) is 30.3 Å². The molecule has 0 spiro atoms. The predicted molar refractivity (Wildman–Crippen MR) is 108 cm³/mol. The molecule has 0 radical (unpaired) electrons. The normalized spacial score (nSPS) is 12.0. The predicted octanol–water partition coefficient (Wildman–Crippen LogP) is 4.56. The number of hydrogen-bond donors (Lipinski definition) is 2. The molecule has 0 fully saturated rings. The Morgan fingerprint density at radius 1 is 1.11 bits per heavy atom. The Morgan fingerprint density at radius 2 is 1.81 bits per heavy atom. The van der Waals surface area contributed by atoms with Gasteiger partial charge in [0.1, 0.15) is 6.29 Å². The Hall–Kier alpha value is -2.63. The van der Waals surface area contributed by atoms with E-state index < -0.39 is 0 Å². The molecule has 142 valence electrons. The van der Waals surface area contributed by atoms with Gasteiger partial charge in [0, 0.05) is 23.8 Å². The van der Waals surface area contributed by atoms with Crippen LogP contribution in [0.25, 0.3) is 11.3 Å². The molecule has 0 aliphatic heterocycles. The summed E-state index contributed by atoms with van der Waals surface area (Å²) in [7, 11) is 1.00. The first kappa shape index (κ1) is 20.7. The van der Waals surface area contributed by atoms with E-state index in [2.05, 4.69) is 5.16 Å². The molecule has 3 N–H and O–H groups in total. The third-order valence-electron chi connectivity index (χ3n) is 4.15. The van der Waals surface area contributed by atoms with E-state index in [1.54, 1.807) is 18.2 Å². The highest BCUT2D eigenvalue weighted by molar-refractivity contribution is 6.33. The molecule has 0 saturated heterocycles. The van der Waals surface area contributed by atoms with Crippen molar-refractivity contribution < 1.29 is 14.4 Å². The highest BCUT2D eigenvalue weighted by atomic mass is 35.5. The van der Waals surface area contributed by atoms with Crippen molar-refractivity contribution >= 4 is 23.6 Å². The number of nitrogen functional groups attached to an aromatic ring is 1. The maximum absolute atomic E-state index is 10.0. The van der Waals surface area contributed by atoms with Gasteiger partial charge in [0.15, 0.2) is 5.76 Å². The Labute approximate surface area is 163 Å². The molecule has 2 aromatic carbocycles. The molecule has 27 heavy (non-hydrogen) atoms. The molecular formula is C21H23ClN2O3. The largest absolute Gasteiger partial charge is 0.400 e. The number of aldehydes is 1. The van der Waals surface area contributed by atoms with Gasteiger partial charge in [0.2, 0.25) is 0 Å². The minimum atomic E-state index is 0.571. The van der Waals surface area contributed by atoms with Crippen LogP contribution in [0.15, 0.2) is 53.1 Å². The molecule has 0 saturated carbocycles. The molecule has 6 heteroatoms. The van der Waals surface area contributed by atoms with Gasteiger partial charge in [0.25, 0.3) is 0 Å². The van der Waals surface area contributed by atoms with Crippen LogP contribution in [-0.4, -0.2) is 23.7 Å². The molecule has 1 heterocycles. The van der Waals surface area contributed by atoms with Crippen molar-refractivity contribution in [3.63, 3.8) is 0 Å². The van der Waals surface area contributed by atoms with Gasteiger partial charge in [0.05, 0.1) is 16.4 Å². The van der Waals surface area contributed by atoms with Gasteiger partial charge < -0.3 is 15.4 Å². The molecule has 0 unspecified atom stereocenters. The highest BCUT2D eigenvalue weighted by Crippen LogP contribution is 2.33. The average Bonchev–Trinajstić information content (AvgIpc) is 3.17. The summed E-state index contributed by atoms with van der Waals surface area (Å²) in [5.74, 6) is 0.850. The molecule has 1 aliphatic carbocycles. The van der Waals surface area contributed by atoms with Gasteiger partial charge in [-0.15, -0.1) is 0 Å². The topological polar surface area (TPSA) is 89.3 Å². The lowest BCUT2D eigenvalue weighted by molar-refractivity contribution is 0.112. The number of aromatic nitrogens is 1. The number of rotatable bonds is 2. The van der Waals surface area contributed by atoms with E-state index in [1.165, 1.54) is 18.4 Å². The summed E-state index contributed by atoms with van der Waals surface area (Å²) in [5.41, 5.74) is 10.4. The second-order valence-electron chi connectivity index (χ2n) is 5.91. The fourth-order valence-corrected chi connectivity index (χ4v) is 2.95. The second-order valence-corrected chi connectivity index (χ2v) is 6.32. The van der Waals surface area contributed by atoms with E-state index in [-0.39, 0.29) is 0 Å². The number of halogens is 1. The Morgan fingerprint density at radius 3 is 2.44 bits per heavy atom. The first-order chi connectivity index (χ1) is 13.2. The number of benzene rings is 2. The third kappa shape index (κ3) is 5.42. The monoisotopic (exact) mass is 386 g/mol. The van der Waals surface area contributed by atoms with E-state index in [9.17, 15) is 4.79 Å². The van der Waals surface area contributed by atoms with E-state index in [4.69, 9.17) is 27.0 Å². The summed E-state index contributed by atoms with van der Waals surface area (Å²) in [6.07, 6.45) is 5.28. The highest BCUT2D eigenvalue weighted by Gasteiger charge is 2.20. The molecule has 4 rings (SSSR count). The van der Waals surface area contributed by atoms with Crippen molar-refractivity contribution in [3.8, 4) is 11.3 Å². The van der Waals surface area contributed by atoms with Gasteiger partial charge in [-0.25, -0.2) is 0 Å². The zero-order valence-corrected chi connectivity index (χ0v) is 15.9. The average molecular weight is 387 g/mol. The van der Waals surface area contributed by atoms with Crippen LogP contribution in [-0.2, 0) is 12.8 Å². The molecule has 3 aromatic rings. The van der Waals surface area contributed by atoms with Gasteiger partial charge in [-0.2, -0.15) is 0 Å². The summed E-state index contributed by atoms with van der Waals surface area (Å²) in [6, 6.07) is 14.7. The van der Waals surface area contributed by atoms with Crippen LogP contribution in [0.1, 0.15) is 34.5 Å². The molecule has 0 atom stereocenters. The summed E-state index contributed by atoms with van der Waals surface area (Å²) in [5, 5.41) is 11.7. The lowest BCUT2D eigenvalue weighted by Crippen LogP contribution is -2.01. The quantitative estimate of drug-likeness (QED) is 0.497. The van der Waals surface area contributed by atoms with Crippen molar-refractivity contribution in [3.05, 3.63) is 70.4 Å². The van der Waals surface area contributed by atoms with Gasteiger partial charge in [-0.1, -0.05) is 47.1 Å². The van der Waals surface area contributed by atoms with Gasteiger partial charge in [-0.3, -0.25) is 4.79 Å². The maximum Gasteiger partial charge on any atom is 0.170 e. The number of aryl methyl sites for hydroxylation is 1. The van der Waals surface area contributed by atoms with E-state index in [0.29, 0.717) is 10.7 Å². The second kappa shape index (κ2) is 10.5. The third-order valence-corrected chi connectivity index (χ3v) is 4.50. The number of carbonyl (C=O) groups is 1. The Bertz CT molecular complexity index is 863. The van der Waals surface area contributed by atoms with Crippen LogP contribution in [0.5, 0.6) is 0 Å². The summed E-state index contributed by atoms with van der Waals surface area (Å²) < 4.78 is 5.45. The van der Waals surface area contributed by atoms with Gasteiger partial charge in [-0.05, 0) is 43.9 Å². The Balaban J connectivity index is 0.000000220. The summed E-state index contributed by atoms with van der Waals surface area (Å²) in [6.45, 7) is 0. The van der Waals surface area contributed by atoms with E-state index >= 15 is 0 Å². The molecule has 0 amide bonds. The number of aliphatic hydroxyl groups excluding tert-OH is 1. The van der Waals surface area contributed by atoms with Crippen LogP contribution < -0.4 is 5.73 Å². The minimum Gasteiger partial charge on any atom is -0.400 e. The molecular weight excluding hydrogens is 364 g/mol. The fourth-order valence-electron chi connectivity index (χ4n) is 2.83. The van der Waals surface area contributed by atoms with Crippen LogP contribution in [0.3, 0.4) is 0 Å². The lowest BCUT2D eigenvalue weighted by atomic mass is 9.94. The molecule has 5 nitrogen and oxygen atoms in total. The number of nitrogens with zero attached hydrogens (tertiary/aromatic N) is 1. The van der Waals surface area contributed by atoms with E-state index in [0.717, 1.165) is 48.8 Å². The van der Waals surface area contributed by atoms with Crippen molar-refractivity contribution in [1.82, 2.24) is 5.16 Å². The smallest absolute Gasteiger partial charge is 0.170 e. The summed E-state index contributed by atoms with van der Waals surface area (Å²) in [4.78, 5) is 10.0. The van der Waals surface area contributed by atoms with Crippen molar-refractivity contribution in [2.45, 2.75) is 25.7 Å². The van der Waals surface area contributed by atoms with Crippen molar-refractivity contribution in [1.29, 1.82) is 0 Å². The van der Waals surface area contributed by atoms with Gasteiger partial charge >= 0.3 is 0 Å². The van der Waals surface area contributed by atoms with Crippen molar-refractivity contribution in [2.75, 3.05) is 12.8 Å². The summed E-state index contributed by atoms with van der Waals surface area (Å²) >= 11 is 5.91. The van der Waals surface area contributed by atoms with Crippen molar-refractivity contribution in [2.24, 2.45) is 0 Å². The zero-order valence-electron chi connectivity index (χ0n) is 15.2. The molecule has 1 aromatic heterocycles. The number of anilines is 1. The number of hydrogen-bond acceptors (Lipinski definition) is 5. The Kier molecular flexibility index (Phi) is 8.04. The number of carbonyl (C=O) groups excluding carboxylic acids is 1. The number of aliphatic hydroxyl groups is 1. The first-order valence-corrected chi connectivity index (χ1v) is 9.04. The molecule has 1 aliphatic rings. The lowest BCUT2D eigenvalue weighted by Gasteiger charge is -2.09. The standard InChI is InChI=1S/C13H13ClN2O.C7H6O.CH4O/c14-10-6-5-8(7-11(10)15)13-9-3-1-2-4-12(9)16-17-13;8-6-7-4-2-1-3-5-7;1-2/h5-7H,1-4,15H2;1-6H;2H,1H3.